The van der Waals surface area contributed by atoms with E-state index in [1.54, 1.807) is 0 Å². The van der Waals surface area contributed by atoms with Gasteiger partial charge >= 0.3 is 5.97 Å². The summed E-state index contributed by atoms with van der Waals surface area (Å²) in [6.07, 6.45) is 0.522. The van der Waals surface area contributed by atoms with E-state index in [0.717, 1.165) is 5.56 Å². The molecule has 90 valence electrons. The highest BCUT2D eigenvalue weighted by Gasteiger charge is 2.17. The van der Waals surface area contributed by atoms with Gasteiger partial charge in [0.15, 0.2) is 0 Å². The van der Waals surface area contributed by atoms with Gasteiger partial charge in [0.2, 0.25) is 0 Å². The van der Waals surface area contributed by atoms with Gasteiger partial charge in [-0.1, -0.05) is 44.2 Å². The molecular formula is C12H18ClNO2. The smallest absolute Gasteiger partial charge is 0.321 e. The molecule has 0 aliphatic heterocycles. The average molecular weight is 244 g/mol. The number of aliphatic carboxylic acids is 1. The van der Waals surface area contributed by atoms with Gasteiger partial charge in [0.1, 0.15) is 6.04 Å². The molecule has 0 aliphatic rings. The van der Waals surface area contributed by atoms with Crippen LogP contribution in [0.5, 0.6) is 0 Å². The highest BCUT2D eigenvalue weighted by molar-refractivity contribution is 5.85. The normalized spacial score (nSPS) is 11.9. The van der Waals surface area contributed by atoms with E-state index in [1.165, 1.54) is 0 Å². The van der Waals surface area contributed by atoms with Crippen molar-refractivity contribution in [1.82, 2.24) is 5.32 Å². The number of halogens is 1. The molecule has 16 heavy (non-hydrogen) atoms. The SMILES string of the molecule is CC(C)NC(Cc1ccccc1)C(=O)O.Cl. The Balaban J connectivity index is 0.00000225. The first-order valence-electron chi connectivity index (χ1n) is 5.12. The summed E-state index contributed by atoms with van der Waals surface area (Å²) < 4.78 is 0. The standard InChI is InChI=1S/C12H17NO2.ClH/c1-9(2)13-11(12(14)15)8-10-6-4-3-5-7-10;/h3-7,9,11,13H,8H2,1-2H3,(H,14,15);1H. The summed E-state index contributed by atoms with van der Waals surface area (Å²) in [6.45, 7) is 3.89. The van der Waals surface area contributed by atoms with Crippen LogP contribution in [0, 0.1) is 0 Å². The molecule has 0 radical (unpaired) electrons. The van der Waals surface area contributed by atoms with Crippen LogP contribution in [0.3, 0.4) is 0 Å². The van der Waals surface area contributed by atoms with Crippen LogP contribution in [0.2, 0.25) is 0 Å². The summed E-state index contributed by atoms with van der Waals surface area (Å²) >= 11 is 0. The van der Waals surface area contributed by atoms with Gasteiger partial charge in [-0.25, -0.2) is 0 Å². The molecule has 0 saturated heterocycles. The Morgan fingerprint density at radius 2 is 1.88 bits per heavy atom. The molecular weight excluding hydrogens is 226 g/mol. The van der Waals surface area contributed by atoms with Crippen LogP contribution < -0.4 is 5.32 Å². The minimum absolute atomic E-state index is 0. The van der Waals surface area contributed by atoms with Gasteiger partial charge in [0.25, 0.3) is 0 Å². The summed E-state index contributed by atoms with van der Waals surface area (Å²) in [5, 5.41) is 12.0. The maximum absolute atomic E-state index is 11.0. The number of rotatable bonds is 5. The minimum atomic E-state index is -0.799. The number of hydrogen-bond acceptors (Lipinski definition) is 2. The van der Waals surface area contributed by atoms with Crippen molar-refractivity contribution in [3.63, 3.8) is 0 Å². The van der Waals surface area contributed by atoms with Crippen LogP contribution in [0.15, 0.2) is 30.3 Å². The minimum Gasteiger partial charge on any atom is -0.480 e. The van der Waals surface area contributed by atoms with Gasteiger partial charge in [-0.3, -0.25) is 4.79 Å². The Hall–Kier alpha value is -1.06. The molecule has 0 fully saturated rings. The van der Waals surface area contributed by atoms with Crippen molar-refractivity contribution in [2.45, 2.75) is 32.4 Å². The van der Waals surface area contributed by atoms with Crippen molar-refractivity contribution < 1.29 is 9.90 Å². The molecule has 0 bridgehead atoms. The predicted molar refractivity (Wildman–Crippen MR) is 67.1 cm³/mol. The van der Waals surface area contributed by atoms with E-state index in [-0.39, 0.29) is 18.4 Å². The quantitative estimate of drug-likeness (QED) is 0.833. The van der Waals surface area contributed by atoms with E-state index in [9.17, 15) is 4.79 Å². The second-order valence-corrected chi connectivity index (χ2v) is 3.90. The topological polar surface area (TPSA) is 49.3 Å². The fourth-order valence-corrected chi connectivity index (χ4v) is 1.47. The molecule has 0 spiro atoms. The first-order chi connectivity index (χ1) is 7.09. The third-order valence-corrected chi connectivity index (χ3v) is 2.12. The number of carbonyl (C=O) groups is 1. The summed E-state index contributed by atoms with van der Waals surface area (Å²) in [5.74, 6) is -0.799. The first kappa shape index (κ1) is 14.9. The lowest BCUT2D eigenvalue weighted by molar-refractivity contribution is -0.139. The van der Waals surface area contributed by atoms with Gasteiger partial charge in [-0.2, -0.15) is 0 Å². The molecule has 0 aromatic heterocycles. The van der Waals surface area contributed by atoms with Crippen LogP contribution in [-0.2, 0) is 11.2 Å². The number of benzene rings is 1. The zero-order valence-corrected chi connectivity index (χ0v) is 10.3. The van der Waals surface area contributed by atoms with Crippen molar-refractivity contribution in [2.75, 3.05) is 0 Å². The summed E-state index contributed by atoms with van der Waals surface area (Å²) in [7, 11) is 0. The van der Waals surface area contributed by atoms with Gasteiger partial charge in [-0.15, -0.1) is 12.4 Å². The number of hydrogen-bond donors (Lipinski definition) is 2. The van der Waals surface area contributed by atoms with Crippen LogP contribution in [0.25, 0.3) is 0 Å². The van der Waals surface area contributed by atoms with E-state index < -0.39 is 12.0 Å². The number of carboxylic acid groups (broad SMARTS) is 1. The number of nitrogens with one attached hydrogen (secondary N) is 1. The van der Waals surface area contributed by atoms with Crippen molar-refractivity contribution in [1.29, 1.82) is 0 Å². The fourth-order valence-electron chi connectivity index (χ4n) is 1.47. The van der Waals surface area contributed by atoms with Crippen molar-refractivity contribution >= 4 is 18.4 Å². The molecule has 2 N–H and O–H groups in total. The van der Waals surface area contributed by atoms with E-state index in [2.05, 4.69) is 5.32 Å². The second kappa shape index (κ2) is 7.25. The first-order valence-corrected chi connectivity index (χ1v) is 5.12. The third kappa shape index (κ3) is 5.14. The zero-order valence-electron chi connectivity index (χ0n) is 9.51. The molecule has 0 aliphatic carbocycles. The summed E-state index contributed by atoms with van der Waals surface area (Å²) in [4.78, 5) is 11.0. The van der Waals surface area contributed by atoms with E-state index in [1.807, 2.05) is 44.2 Å². The lowest BCUT2D eigenvalue weighted by Crippen LogP contribution is -2.42. The lowest BCUT2D eigenvalue weighted by Gasteiger charge is -2.17. The van der Waals surface area contributed by atoms with E-state index >= 15 is 0 Å². The Labute approximate surface area is 102 Å². The van der Waals surface area contributed by atoms with Gasteiger partial charge in [0, 0.05) is 6.04 Å². The third-order valence-electron chi connectivity index (χ3n) is 2.12. The molecule has 1 atom stereocenters. The molecule has 0 amide bonds. The number of carboxylic acids is 1. The van der Waals surface area contributed by atoms with Gasteiger partial charge in [-0.05, 0) is 12.0 Å². The largest absolute Gasteiger partial charge is 0.480 e. The molecule has 1 unspecified atom stereocenters. The lowest BCUT2D eigenvalue weighted by atomic mass is 10.1. The summed E-state index contributed by atoms with van der Waals surface area (Å²) in [5.41, 5.74) is 1.04. The molecule has 1 aromatic rings. The highest BCUT2D eigenvalue weighted by Crippen LogP contribution is 2.04. The molecule has 0 heterocycles. The van der Waals surface area contributed by atoms with Crippen LogP contribution in [0.4, 0.5) is 0 Å². The zero-order chi connectivity index (χ0) is 11.3. The van der Waals surface area contributed by atoms with Crippen molar-refractivity contribution in [3.05, 3.63) is 35.9 Å². The average Bonchev–Trinajstić information content (AvgIpc) is 2.17. The molecule has 4 heteroatoms. The van der Waals surface area contributed by atoms with Crippen LogP contribution in [0.1, 0.15) is 19.4 Å². The van der Waals surface area contributed by atoms with Gasteiger partial charge in [0.05, 0.1) is 0 Å². The van der Waals surface area contributed by atoms with Crippen LogP contribution in [-0.4, -0.2) is 23.2 Å². The maximum atomic E-state index is 11.0. The van der Waals surface area contributed by atoms with Crippen molar-refractivity contribution in [2.24, 2.45) is 0 Å². The Morgan fingerprint density at radius 1 is 1.31 bits per heavy atom. The summed E-state index contributed by atoms with van der Waals surface area (Å²) in [6, 6.07) is 9.32. The van der Waals surface area contributed by atoms with Crippen LogP contribution >= 0.6 is 12.4 Å². The Kier molecular flexibility index (Phi) is 6.77. The highest BCUT2D eigenvalue weighted by atomic mass is 35.5. The van der Waals surface area contributed by atoms with E-state index in [4.69, 9.17) is 5.11 Å². The molecule has 1 rings (SSSR count). The second-order valence-electron chi connectivity index (χ2n) is 3.90. The molecule has 0 saturated carbocycles. The Morgan fingerprint density at radius 3 is 2.31 bits per heavy atom. The monoisotopic (exact) mass is 243 g/mol. The van der Waals surface area contributed by atoms with Crippen molar-refractivity contribution in [3.8, 4) is 0 Å². The molecule has 3 nitrogen and oxygen atoms in total. The van der Waals surface area contributed by atoms with Gasteiger partial charge < -0.3 is 10.4 Å². The Bertz CT molecular complexity index is 314. The van der Waals surface area contributed by atoms with E-state index in [0.29, 0.717) is 6.42 Å². The predicted octanol–water partition coefficient (Wildman–Crippen LogP) is 2.10. The maximum Gasteiger partial charge on any atom is 0.321 e. The molecule has 1 aromatic carbocycles. The fraction of sp³-hybridized carbons (Fsp3) is 0.417.